The van der Waals surface area contributed by atoms with Gasteiger partial charge in [-0.15, -0.1) is 0 Å². The minimum absolute atomic E-state index is 0.0442. The van der Waals surface area contributed by atoms with Crippen LogP contribution in [0, 0.1) is 10.1 Å². The average molecular weight is 324 g/mol. The fourth-order valence-corrected chi connectivity index (χ4v) is 3.00. The molecule has 0 spiro atoms. The van der Waals surface area contributed by atoms with Gasteiger partial charge in [0, 0.05) is 17.6 Å². The summed E-state index contributed by atoms with van der Waals surface area (Å²) in [6.45, 7) is 0.655. The van der Waals surface area contributed by atoms with Gasteiger partial charge >= 0.3 is 5.69 Å². The fraction of sp³-hybridized carbons (Fsp3) is 0.385. The van der Waals surface area contributed by atoms with Gasteiger partial charge in [0.1, 0.15) is 5.69 Å². The Kier molecular flexibility index (Phi) is 3.84. The van der Waals surface area contributed by atoms with Gasteiger partial charge in [-0.25, -0.2) is 9.89 Å². The normalized spacial score (nSPS) is 18.4. The van der Waals surface area contributed by atoms with Crippen molar-refractivity contribution in [2.24, 2.45) is 0 Å². The standard InChI is InChI=1S/C13H14ClN5O3/c14-8-4-5-9(11(7-8)19(21)22)18-6-2-1-3-10(18)12-15-13(20)17-16-12/h4-5,7,10H,1-3,6H2,(H2,15,16,17,20)/t10-/m0/s1. The third-order valence-corrected chi connectivity index (χ3v) is 4.02. The highest BCUT2D eigenvalue weighted by molar-refractivity contribution is 6.30. The highest BCUT2D eigenvalue weighted by atomic mass is 35.5. The second kappa shape index (κ2) is 5.80. The first-order valence-corrected chi connectivity index (χ1v) is 7.29. The Bertz CT molecular complexity index is 756. The van der Waals surface area contributed by atoms with Crippen molar-refractivity contribution in [2.75, 3.05) is 11.4 Å². The lowest BCUT2D eigenvalue weighted by molar-refractivity contribution is -0.384. The largest absolute Gasteiger partial charge is 0.356 e. The van der Waals surface area contributed by atoms with Gasteiger partial charge < -0.3 is 4.90 Å². The number of piperidine rings is 1. The van der Waals surface area contributed by atoms with Crippen molar-refractivity contribution in [1.82, 2.24) is 15.2 Å². The van der Waals surface area contributed by atoms with E-state index in [2.05, 4.69) is 15.2 Å². The number of rotatable bonds is 3. The van der Waals surface area contributed by atoms with Gasteiger partial charge in [0.2, 0.25) is 0 Å². The Morgan fingerprint density at radius 1 is 1.41 bits per heavy atom. The van der Waals surface area contributed by atoms with E-state index in [1.165, 1.54) is 6.07 Å². The Hall–Kier alpha value is -2.35. The maximum atomic E-state index is 11.3. The minimum atomic E-state index is -0.444. The molecule has 1 aromatic heterocycles. The monoisotopic (exact) mass is 323 g/mol. The lowest BCUT2D eigenvalue weighted by Gasteiger charge is -2.35. The number of anilines is 1. The number of benzene rings is 1. The number of halogens is 1. The van der Waals surface area contributed by atoms with Crippen LogP contribution in [0.3, 0.4) is 0 Å². The van der Waals surface area contributed by atoms with Crippen LogP contribution in [0.25, 0.3) is 0 Å². The Balaban J connectivity index is 2.04. The number of hydrogen-bond donors (Lipinski definition) is 2. The van der Waals surface area contributed by atoms with Crippen LogP contribution in [0.4, 0.5) is 11.4 Å². The number of hydrogen-bond acceptors (Lipinski definition) is 5. The van der Waals surface area contributed by atoms with E-state index in [-0.39, 0.29) is 17.4 Å². The summed E-state index contributed by atoms with van der Waals surface area (Å²) in [5, 5.41) is 17.9. The topological polar surface area (TPSA) is 108 Å². The molecule has 2 heterocycles. The van der Waals surface area contributed by atoms with Crippen LogP contribution in [0.5, 0.6) is 0 Å². The fourth-order valence-electron chi connectivity index (χ4n) is 2.83. The van der Waals surface area contributed by atoms with Crippen LogP contribution in [-0.2, 0) is 0 Å². The lowest BCUT2D eigenvalue weighted by atomic mass is 10.00. The molecule has 2 N–H and O–H groups in total. The number of nitro benzene ring substituents is 1. The van der Waals surface area contributed by atoms with Crippen LogP contribution >= 0.6 is 11.6 Å². The molecule has 1 saturated heterocycles. The Morgan fingerprint density at radius 2 is 2.23 bits per heavy atom. The summed E-state index contributed by atoms with van der Waals surface area (Å²) in [6, 6.07) is 4.41. The third kappa shape index (κ3) is 2.69. The van der Waals surface area contributed by atoms with Gasteiger partial charge in [0.05, 0.1) is 11.0 Å². The maximum absolute atomic E-state index is 11.3. The second-order valence-corrected chi connectivity index (χ2v) is 5.59. The lowest BCUT2D eigenvalue weighted by Crippen LogP contribution is -2.34. The second-order valence-electron chi connectivity index (χ2n) is 5.16. The maximum Gasteiger partial charge on any atom is 0.340 e. The molecule has 1 fully saturated rings. The first kappa shape index (κ1) is 14.6. The molecule has 1 aliphatic heterocycles. The minimum Gasteiger partial charge on any atom is -0.356 e. The summed E-state index contributed by atoms with van der Waals surface area (Å²) >= 11 is 5.87. The van der Waals surface area contributed by atoms with Gasteiger partial charge in [0.15, 0.2) is 5.82 Å². The molecule has 1 aliphatic rings. The van der Waals surface area contributed by atoms with Gasteiger partial charge in [-0.3, -0.25) is 15.1 Å². The zero-order valence-corrected chi connectivity index (χ0v) is 12.3. The van der Waals surface area contributed by atoms with Crippen LogP contribution in [0.1, 0.15) is 31.1 Å². The van der Waals surface area contributed by atoms with Crippen LogP contribution in [0.15, 0.2) is 23.0 Å². The number of nitro groups is 1. The number of H-pyrrole nitrogens is 2. The summed E-state index contributed by atoms with van der Waals surface area (Å²) in [5.41, 5.74) is 0.0614. The van der Waals surface area contributed by atoms with E-state index in [1.807, 2.05) is 4.90 Å². The van der Waals surface area contributed by atoms with E-state index in [1.54, 1.807) is 12.1 Å². The third-order valence-electron chi connectivity index (χ3n) is 3.78. The predicted octanol–water partition coefficient (Wildman–Crippen LogP) is 2.39. The molecule has 1 atom stereocenters. The number of aromatic amines is 2. The van der Waals surface area contributed by atoms with E-state index in [0.717, 1.165) is 19.3 Å². The molecule has 3 rings (SSSR count). The molecule has 0 aliphatic carbocycles. The smallest absolute Gasteiger partial charge is 0.340 e. The summed E-state index contributed by atoms with van der Waals surface area (Å²) in [6.07, 6.45) is 2.66. The van der Waals surface area contributed by atoms with Crippen molar-refractivity contribution in [1.29, 1.82) is 0 Å². The molecular formula is C13H14ClN5O3. The number of aromatic nitrogens is 3. The summed E-state index contributed by atoms with van der Waals surface area (Å²) in [7, 11) is 0. The number of nitrogens with one attached hydrogen (secondary N) is 2. The molecule has 8 nitrogen and oxygen atoms in total. The van der Waals surface area contributed by atoms with Crippen molar-refractivity contribution in [3.8, 4) is 0 Å². The van der Waals surface area contributed by atoms with Crippen molar-refractivity contribution in [2.45, 2.75) is 25.3 Å². The molecule has 2 aromatic rings. The number of nitrogens with zero attached hydrogens (tertiary/aromatic N) is 3. The summed E-state index contributed by atoms with van der Waals surface area (Å²) < 4.78 is 0. The molecular weight excluding hydrogens is 310 g/mol. The van der Waals surface area contributed by atoms with E-state index in [0.29, 0.717) is 23.1 Å². The molecule has 0 bridgehead atoms. The SMILES string of the molecule is O=c1[nH]nc([C@@H]2CCCCN2c2ccc(Cl)cc2[N+](=O)[O-])[nH]1. The zero-order chi connectivity index (χ0) is 15.7. The molecule has 116 valence electrons. The van der Waals surface area contributed by atoms with E-state index in [4.69, 9.17) is 11.6 Å². The van der Waals surface area contributed by atoms with Gasteiger partial charge in [-0.2, -0.15) is 5.10 Å². The molecule has 0 saturated carbocycles. The van der Waals surface area contributed by atoms with Gasteiger partial charge in [-0.1, -0.05) is 11.6 Å². The Labute approximate surface area is 130 Å². The Morgan fingerprint density at radius 3 is 2.91 bits per heavy atom. The first-order chi connectivity index (χ1) is 10.6. The van der Waals surface area contributed by atoms with Crippen molar-refractivity contribution in [3.05, 3.63) is 49.6 Å². The van der Waals surface area contributed by atoms with Gasteiger partial charge in [-0.05, 0) is 31.4 Å². The van der Waals surface area contributed by atoms with Crippen LogP contribution in [-0.4, -0.2) is 26.6 Å². The highest BCUT2D eigenvalue weighted by Gasteiger charge is 2.31. The van der Waals surface area contributed by atoms with E-state index < -0.39 is 4.92 Å². The molecule has 1 aromatic carbocycles. The average Bonchev–Trinajstić information content (AvgIpc) is 2.93. The summed E-state index contributed by atoms with van der Waals surface area (Å²) in [5.74, 6) is 0.494. The zero-order valence-electron chi connectivity index (χ0n) is 11.6. The predicted molar refractivity (Wildman–Crippen MR) is 81.3 cm³/mol. The molecule has 22 heavy (non-hydrogen) atoms. The van der Waals surface area contributed by atoms with Crippen LogP contribution < -0.4 is 10.6 Å². The van der Waals surface area contributed by atoms with E-state index >= 15 is 0 Å². The molecule has 9 heteroatoms. The molecule has 0 unspecified atom stereocenters. The first-order valence-electron chi connectivity index (χ1n) is 6.91. The van der Waals surface area contributed by atoms with Crippen molar-refractivity contribution in [3.63, 3.8) is 0 Å². The van der Waals surface area contributed by atoms with Crippen molar-refractivity contribution >= 4 is 23.0 Å². The molecule has 0 radical (unpaired) electrons. The quantitative estimate of drug-likeness (QED) is 0.666. The van der Waals surface area contributed by atoms with Gasteiger partial charge in [0.25, 0.3) is 5.69 Å². The molecule has 0 amide bonds. The van der Waals surface area contributed by atoms with Crippen molar-refractivity contribution < 1.29 is 4.92 Å². The highest BCUT2D eigenvalue weighted by Crippen LogP contribution is 2.39. The van der Waals surface area contributed by atoms with E-state index in [9.17, 15) is 14.9 Å². The summed E-state index contributed by atoms with van der Waals surface area (Å²) in [4.78, 5) is 26.7. The van der Waals surface area contributed by atoms with Crippen LogP contribution in [0.2, 0.25) is 5.02 Å².